The molecule has 4 aromatic rings. The molecule has 0 saturated heterocycles. The summed E-state index contributed by atoms with van der Waals surface area (Å²) in [5.74, 6) is 0.583. The molecule has 150 valence electrons. The number of aromatic nitrogens is 1. The lowest BCUT2D eigenvalue weighted by molar-refractivity contribution is -0.136. The highest BCUT2D eigenvalue weighted by molar-refractivity contribution is 7.16. The van der Waals surface area contributed by atoms with E-state index >= 15 is 0 Å². The quantitative estimate of drug-likeness (QED) is 0.371. The molecule has 0 radical (unpaired) electrons. The summed E-state index contributed by atoms with van der Waals surface area (Å²) in [7, 11) is 0. The van der Waals surface area contributed by atoms with Gasteiger partial charge in [-0.15, -0.1) is 11.3 Å². The molecular weight excluding hydrogens is 396 g/mol. The lowest BCUT2D eigenvalue weighted by Gasteiger charge is -2.06. The van der Waals surface area contributed by atoms with Gasteiger partial charge >= 0.3 is 5.97 Å². The van der Waals surface area contributed by atoms with Crippen LogP contribution in [0.25, 0.3) is 11.3 Å². The molecule has 1 aromatic heterocycles. The number of carboxylic acids is 1. The van der Waals surface area contributed by atoms with Crippen LogP contribution in [0.4, 0.5) is 10.8 Å². The Morgan fingerprint density at radius 2 is 1.73 bits per heavy atom. The van der Waals surface area contributed by atoms with Gasteiger partial charge in [-0.2, -0.15) is 0 Å². The molecule has 0 aliphatic heterocycles. The minimum absolute atomic E-state index is 0.0786. The second kappa shape index (κ2) is 8.80. The molecule has 30 heavy (non-hydrogen) atoms. The predicted molar refractivity (Wildman–Crippen MR) is 120 cm³/mol. The van der Waals surface area contributed by atoms with Gasteiger partial charge in [0.1, 0.15) is 11.5 Å². The van der Waals surface area contributed by atoms with Gasteiger partial charge in [-0.1, -0.05) is 30.3 Å². The number of rotatable bonds is 7. The number of carboxylic acid groups (broad SMARTS) is 1. The van der Waals surface area contributed by atoms with Crippen molar-refractivity contribution in [3.05, 3.63) is 89.3 Å². The van der Waals surface area contributed by atoms with E-state index in [0.29, 0.717) is 21.5 Å². The first-order valence-electron chi connectivity index (χ1n) is 9.45. The van der Waals surface area contributed by atoms with Crippen molar-refractivity contribution in [3.63, 3.8) is 0 Å². The Bertz CT molecular complexity index is 1150. The zero-order chi connectivity index (χ0) is 20.9. The third kappa shape index (κ3) is 4.85. The number of aryl methyl sites for hydroxylation is 1. The van der Waals surface area contributed by atoms with E-state index in [1.807, 2.05) is 85.8 Å². The van der Waals surface area contributed by atoms with E-state index in [1.54, 1.807) is 0 Å². The van der Waals surface area contributed by atoms with Crippen molar-refractivity contribution in [3.8, 4) is 22.8 Å². The number of aliphatic carboxylic acids is 1. The molecular formula is C24H20N2O3S. The number of benzene rings is 3. The van der Waals surface area contributed by atoms with E-state index in [2.05, 4.69) is 10.3 Å². The van der Waals surface area contributed by atoms with Crippen molar-refractivity contribution >= 4 is 28.1 Å². The van der Waals surface area contributed by atoms with E-state index < -0.39 is 5.97 Å². The van der Waals surface area contributed by atoms with Crippen LogP contribution in [-0.2, 0) is 11.2 Å². The monoisotopic (exact) mass is 416 g/mol. The van der Waals surface area contributed by atoms with Gasteiger partial charge in [0.05, 0.1) is 12.1 Å². The minimum Gasteiger partial charge on any atom is -0.481 e. The van der Waals surface area contributed by atoms with Crippen LogP contribution >= 0.6 is 11.3 Å². The molecule has 3 aromatic carbocycles. The molecule has 4 rings (SSSR count). The highest BCUT2D eigenvalue weighted by atomic mass is 32.1. The summed E-state index contributed by atoms with van der Waals surface area (Å²) >= 11 is 1.36. The second-order valence-corrected chi connectivity index (χ2v) is 7.88. The number of hydrogen-bond donors (Lipinski definition) is 2. The van der Waals surface area contributed by atoms with E-state index in [1.165, 1.54) is 11.3 Å². The summed E-state index contributed by atoms with van der Waals surface area (Å²) in [6.07, 6.45) is -0.0786. The Labute approximate surface area is 178 Å². The Morgan fingerprint density at radius 1 is 1.00 bits per heavy atom. The topological polar surface area (TPSA) is 71.5 Å². The summed E-state index contributed by atoms with van der Waals surface area (Å²) < 4.78 is 5.84. The third-order valence-corrected chi connectivity index (χ3v) is 5.36. The number of para-hydroxylation sites is 1. The first-order valence-corrected chi connectivity index (χ1v) is 10.3. The molecule has 5 nitrogen and oxygen atoms in total. The van der Waals surface area contributed by atoms with Gasteiger partial charge < -0.3 is 15.2 Å². The number of nitrogens with zero attached hydrogens (tertiary/aromatic N) is 1. The van der Waals surface area contributed by atoms with E-state index in [-0.39, 0.29) is 6.42 Å². The van der Waals surface area contributed by atoms with Crippen LogP contribution in [0.3, 0.4) is 0 Å². The minimum atomic E-state index is -0.883. The second-order valence-electron chi connectivity index (χ2n) is 6.80. The first-order chi connectivity index (χ1) is 14.6. The first kappa shape index (κ1) is 19.7. The van der Waals surface area contributed by atoms with E-state index in [0.717, 1.165) is 22.6 Å². The largest absolute Gasteiger partial charge is 0.481 e. The zero-order valence-electron chi connectivity index (χ0n) is 16.3. The predicted octanol–water partition coefficient (Wildman–Crippen LogP) is 6.28. The van der Waals surface area contributed by atoms with Crippen LogP contribution in [0.15, 0.2) is 78.9 Å². The Morgan fingerprint density at radius 3 is 2.43 bits per heavy atom. The Balaban J connectivity index is 1.60. The van der Waals surface area contributed by atoms with Crippen LogP contribution in [0.5, 0.6) is 11.5 Å². The lowest BCUT2D eigenvalue weighted by Crippen LogP contribution is -1.99. The molecule has 2 N–H and O–H groups in total. The van der Waals surface area contributed by atoms with E-state index in [4.69, 9.17) is 4.74 Å². The molecule has 0 bridgehead atoms. The standard InChI is InChI=1S/C24H20N2O3S/c1-16-6-5-7-18(14-16)25-24-26-23(21(30-24)15-22(27)28)17-10-12-20(13-11-17)29-19-8-3-2-4-9-19/h2-14H,15H2,1H3,(H,25,26)(H,27,28). The van der Waals surface area contributed by atoms with Crippen molar-refractivity contribution in [2.24, 2.45) is 0 Å². The molecule has 0 aliphatic rings. The average molecular weight is 417 g/mol. The van der Waals surface area contributed by atoms with Crippen molar-refractivity contribution in [1.82, 2.24) is 4.98 Å². The molecule has 0 spiro atoms. The van der Waals surface area contributed by atoms with Gasteiger partial charge in [-0.05, 0) is 61.0 Å². The van der Waals surface area contributed by atoms with Crippen LogP contribution < -0.4 is 10.1 Å². The number of anilines is 2. The molecule has 6 heteroatoms. The SMILES string of the molecule is Cc1cccc(Nc2nc(-c3ccc(Oc4ccccc4)cc3)c(CC(=O)O)s2)c1. The summed E-state index contributed by atoms with van der Waals surface area (Å²) in [4.78, 5) is 16.7. The third-order valence-electron chi connectivity index (χ3n) is 4.39. The zero-order valence-corrected chi connectivity index (χ0v) is 17.1. The fourth-order valence-electron chi connectivity index (χ4n) is 3.04. The normalized spacial score (nSPS) is 10.6. The van der Waals surface area contributed by atoms with Gasteiger partial charge in [0.25, 0.3) is 0 Å². The fraction of sp³-hybridized carbons (Fsp3) is 0.0833. The number of carbonyl (C=O) groups is 1. The summed E-state index contributed by atoms with van der Waals surface area (Å²) in [5, 5.41) is 13.3. The number of hydrogen-bond acceptors (Lipinski definition) is 5. The number of nitrogens with one attached hydrogen (secondary N) is 1. The van der Waals surface area contributed by atoms with Gasteiger partial charge in [0.15, 0.2) is 5.13 Å². The van der Waals surface area contributed by atoms with Crippen molar-refractivity contribution < 1.29 is 14.6 Å². The Hall–Kier alpha value is -3.64. The van der Waals surface area contributed by atoms with Crippen LogP contribution in [0.1, 0.15) is 10.4 Å². The van der Waals surface area contributed by atoms with Crippen molar-refractivity contribution in [1.29, 1.82) is 0 Å². The molecule has 0 fully saturated rings. The van der Waals surface area contributed by atoms with Crippen molar-refractivity contribution in [2.45, 2.75) is 13.3 Å². The molecule has 1 heterocycles. The van der Waals surface area contributed by atoms with Gasteiger partial charge in [0.2, 0.25) is 0 Å². The smallest absolute Gasteiger partial charge is 0.308 e. The molecule has 0 atom stereocenters. The highest BCUT2D eigenvalue weighted by Gasteiger charge is 2.16. The maximum absolute atomic E-state index is 11.4. The molecule has 0 aliphatic carbocycles. The average Bonchev–Trinajstić information content (AvgIpc) is 3.10. The van der Waals surface area contributed by atoms with Gasteiger partial charge in [-0.3, -0.25) is 4.79 Å². The summed E-state index contributed by atoms with van der Waals surface area (Å²) in [6.45, 7) is 2.02. The summed E-state index contributed by atoms with van der Waals surface area (Å²) in [5.41, 5.74) is 3.57. The summed E-state index contributed by atoms with van der Waals surface area (Å²) in [6, 6.07) is 25.0. The fourth-order valence-corrected chi connectivity index (χ4v) is 4.03. The van der Waals surface area contributed by atoms with Crippen LogP contribution in [-0.4, -0.2) is 16.1 Å². The van der Waals surface area contributed by atoms with Crippen molar-refractivity contribution in [2.75, 3.05) is 5.32 Å². The number of ether oxygens (including phenoxy) is 1. The maximum Gasteiger partial charge on any atom is 0.308 e. The maximum atomic E-state index is 11.4. The van der Waals surface area contributed by atoms with Gasteiger partial charge in [-0.25, -0.2) is 4.98 Å². The molecule has 0 amide bonds. The lowest BCUT2D eigenvalue weighted by atomic mass is 10.1. The van der Waals surface area contributed by atoms with Crippen LogP contribution in [0, 0.1) is 6.92 Å². The van der Waals surface area contributed by atoms with Crippen LogP contribution in [0.2, 0.25) is 0 Å². The number of thiazole rings is 1. The molecule has 0 saturated carbocycles. The highest BCUT2D eigenvalue weighted by Crippen LogP contribution is 2.34. The molecule has 0 unspecified atom stereocenters. The Kier molecular flexibility index (Phi) is 5.77. The van der Waals surface area contributed by atoms with E-state index in [9.17, 15) is 9.90 Å². The van der Waals surface area contributed by atoms with Gasteiger partial charge in [0, 0.05) is 16.1 Å².